The largest absolute Gasteiger partial charge is 0.368 e. The molecular formula is C25H30ClFN4O2. The van der Waals surface area contributed by atoms with Crippen LogP contribution < -0.4 is 5.32 Å². The van der Waals surface area contributed by atoms with E-state index in [2.05, 4.69) is 10.2 Å². The van der Waals surface area contributed by atoms with Crippen LogP contribution in [0.15, 0.2) is 53.6 Å². The summed E-state index contributed by atoms with van der Waals surface area (Å²) in [5.41, 5.74) is 3.83. The van der Waals surface area contributed by atoms with Crippen molar-refractivity contribution in [3.05, 3.63) is 70.2 Å². The fourth-order valence-corrected chi connectivity index (χ4v) is 4.73. The van der Waals surface area contributed by atoms with E-state index < -0.39 is 12.9 Å². The van der Waals surface area contributed by atoms with Crippen LogP contribution in [0.4, 0.5) is 4.39 Å². The van der Waals surface area contributed by atoms with E-state index >= 15 is 0 Å². The Balaban J connectivity index is 1.48. The van der Waals surface area contributed by atoms with E-state index in [0.717, 1.165) is 41.8 Å². The Bertz CT molecular complexity index is 985. The molecule has 8 heteroatoms. The molecule has 0 aliphatic carbocycles. The van der Waals surface area contributed by atoms with Crippen LogP contribution in [-0.2, 0) is 11.2 Å². The zero-order chi connectivity index (χ0) is 23.2. The van der Waals surface area contributed by atoms with Crippen LogP contribution in [0.2, 0.25) is 5.02 Å². The summed E-state index contributed by atoms with van der Waals surface area (Å²) in [5.74, 6) is -0.131. The zero-order valence-electron chi connectivity index (χ0n) is 18.6. The number of hydrogen-bond donors (Lipinski definition) is 2. The highest BCUT2D eigenvalue weighted by Gasteiger charge is 2.32. The fraction of sp³-hybridized carbons (Fsp3) is 0.440. The van der Waals surface area contributed by atoms with Crippen LogP contribution in [0.25, 0.3) is 0 Å². The van der Waals surface area contributed by atoms with Crippen LogP contribution in [0, 0.1) is 0 Å². The van der Waals surface area contributed by atoms with Crippen LogP contribution in [-0.4, -0.2) is 65.5 Å². The van der Waals surface area contributed by atoms with Gasteiger partial charge in [-0.25, -0.2) is 4.39 Å². The minimum atomic E-state index is -0.814. The number of carbonyl (C=O) groups is 1. The first-order valence-corrected chi connectivity index (χ1v) is 11.9. The Kier molecular flexibility index (Phi) is 7.96. The summed E-state index contributed by atoms with van der Waals surface area (Å²) in [6.45, 7) is 1.61. The maximum absolute atomic E-state index is 12.3. The first-order valence-electron chi connectivity index (χ1n) is 11.5. The van der Waals surface area contributed by atoms with Crippen molar-refractivity contribution >= 4 is 23.2 Å². The smallest absolute Gasteiger partial charge is 0.221 e. The van der Waals surface area contributed by atoms with Gasteiger partial charge < -0.3 is 10.4 Å². The Morgan fingerprint density at radius 3 is 2.79 bits per heavy atom. The summed E-state index contributed by atoms with van der Waals surface area (Å²) in [6.07, 6.45) is 2.19. The topological polar surface area (TPSA) is 68.2 Å². The summed E-state index contributed by atoms with van der Waals surface area (Å²) in [6, 6.07) is 15.8. The number of amides is 1. The van der Waals surface area contributed by atoms with Crippen molar-refractivity contribution in [2.75, 3.05) is 32.9 Å². The lowest BCUT2D eigenvalue weighted by molar-refractivity contribution is -0.121. The molecule has 2 heterocycles. The SMILES string of the molecule is O=C(CCN1CCC[C@@H]1CN1N=C(Cc2ccc(Cl)cc2)c2ccccc2C1O)NCCF. The molecule has 33 heavy (non-hydrogen) atoms. The molecule has 0 spiro atoms. The second-order valence-corrected chi connectivity index (χ2v) is 8.99. The number of likely N-dealkylation sites (tertiary alicyclic amines) is 1. The van der Waals surface area contributed by atoms with Gasteiger partial charge in [-0.15, -0.1) is 0 Å². The Morgan fingerprint density at radius 2 is 2.00 bits per heavy atom. The number of rotatable bonds is 9. The van der Waals surface area contributed by atoms with Crippen molar-refractivity contribution in [2.24, 2.45) is 5.10 Å². The molecule has 1 fully saturated rings. The molecule has 0 radical (unpaired) electrons. The molecular weight excluding hydrogens is 443 g/mol. The lowest BCUT2D eigenvalue weighted by Gasteiger charge is -2.36. The monoisotopic (exact) mass is 472 g/mol. The van der Waals surface area contributed by atoms with Crippen LogP contribution in [0.1, 0.15) is 42.2 Å². The Labute approximate surface area is 199 Å². The quantitative estimate of drug-likeness (QED) is 0.586. The summed E-state index contributed by atoms with van der Waals surface area (Å²) < 4.78 is 12.3. The zero-order valence-corrected chi connectivity index (χ0v) is 19.3. The van der Waals surface area contributed by atoms with Gasteiger partial charge in [0.1, 0.15) is 6.67 Å². The number of nitrogens with one attached hydrogen (secondary N) is 1. The molecule has 1 saturated heterocycles. The van der Waals surface area contributed by atoms with E-state index in [-0.39, 0.29) is 18.5 Å². The summed E-state index contributed by atoms with van der Waals surface area (Å²) in [4.78, 5) is 14.2. The van der Waals surface area contributed by atoms with E-state index in [1.54, 1.807) is 5.01 Å². The van der Waals surface area contributed by atoms with Crippen molar-refractivity contribution in [2.45, 2.75) is 38.0 Å². The third-order valence-electron chi connectivity index (χ3n) is 6.31. The van der Waals surface area contributed by atoms with Crippen molar-refractivity contribution < 1.29 is 14.3 Å². The van der Waals surface area contributed by atoms with Crippen molar-refractivity contribution in [3.63, 3.8) is 0 Å². The predicted molar refractivity (Wildman–Crippen MR) is 128 cm³/mol. The first kappa shape index (κ1) is 23.7. The van der Waals surface area contributed by atoms with Gasteiger partial charge in [-0.1, -0.05) is 48.0 Å². The number of benzene rings is 2. The number of hydrogen-bond acceptors (Lipinski definition) is 5. The molecule has 2 aliphatic rings. The second-order valence-electron chi connectivity index (χ2n) is 8.55. The molecule has 4 rings (SSSR count). The number of aliphatic hydroxyl groups is 1. The third kappa shape index (κ3) is 5.91. The van der Waals surface area contributed by atoms with Crippen LogP contribution in [0.5, 0.6) is 0 Å². The molecule has 6 nitrogen and oxygen atoms in total. The molecule has 2 N–H and O–H groups in total. The second kappa shape index (κ2) is 11.1. The lowest BCUT2D eigenvalue weighted by Crippen LogP contribution is -2.43. The maximum Gasteiger partial charge on any atom is 0.221 e. The van der Waals surface area contributed by atoms with Gasteiger partial charge >= 0.3 is 0 Å². The highest BCUT2D eigenvalue weighted by molar-refractivity contribution is 6.30. The molecule has 0 bridgehead atoms. The van der Waals surface area contributed by atoms with Crippen molar-refractivity contribution in [1.82, 2.24) is 15.2 Å². The highest BCUT2D eigenvalue weighted by atomic mass is 35.5. The van der Waals surface area contributed by atoms with Crippen LogP contribution in [0.3, 0.4) is 0 Å². The van der Waals surface area contributed by atoms with E-state index in [9.17, 15) is 14.3 Å². The van der Waals surface area contributed by atoms with E-state index in [4.69, 9.17) is 16.7 Å². The number of nitrogens with zero attached hydrogens (tertiary/aromatic N) is 3. The average molecular weight is 473 g/mol. The summed E-state index contributed by atoms with van der Waals surface area (Å²) in [5, 5.41) is 21.0. The van der Waals surface area contributed by atoms with E-state index in [1.165, 1.54) is 0 Å². The molecule has 2 aromatic rings. The Hall–Kier alpha value is -2.48. The van der Waals surface area contributed by atoms with Gasteiger partial charge in [0.2, 0.25) is 5.91 Å². The lowest BCUT2D eigenvalue weighted by atomic mass is 9.95. The minimum absolute atomic E-state index is 0.0623. The molecule has 0 aromatic heterocycles. The van der Waals surface area contributed by atoms with Gasteiger partial charge in [0.05, 0.1) is 12.3 Å². The minimum Gasteiger partial charge on any atom is -0.368 e. The summed E-state index contributed by atoms with van der Waals surface area (Å²) >= 11 is 6.04. The molecule has 176 valence electrons. The predicted octanol–water partition coefficient (Wildman–Crippen LogP) is 3.53. The van der Waals surface area contributed by atoms with Gasteiger partial charge in [0.25, 0.3) is 0 Å². The molecule has 1 amide bonds. The van der Waals surface area contributed by atoms with Gasteiger partial charge in [-0.3, -0.25) is 14.7 Å². The Morgan fingerprint density at radius 1 is 1.21 bits per heavy atom. The molecule has 2 atom stereocenters. The number of hydrazone groups is 1. The number of halogens is 2. The average Bonchev–Trinajstić information content (AvgIpc) is 3.27. The number of aliphatic hydroxyl groups excluding tert-OH is 1. The molecule has 1 unspecified atom stereocenters. The van der Waals surface area contributed by atoms with Crippen LogP contribution >= 0.6 is 11.6 Å². The highest BCUT2D eigenvalue weighted by Crippen LogP contribution is 2.31. The molecule has 2 aliphatic heterocycles. The number of fused-ring (bicyclic) bond motifs is 1. The van der Waals surface area contributed by atoms with E-state index in [0.29, 0.717) is 31.0 Å². The number of carbonyl (C=O) groups excluding carboxylic acids is 1. The van der Waals surface area contributed by atoms with Gasteiger partial charge in [-0.05, 0) is 37.1 Å². The third-order valence-corrected chi connectivity index (χ3v) is 6.56. The fourth-order valence-electron chi connectivity index (χ4n) is 4.61. The van der Waals surface area contributed by atoms with Gasteiger partial charge in [0.15, 0.2) is 6.23 Å². The maximum atomic E-state index is 12.3. The van der Waals surface area contributed by atoms with Gasteiger partial charge in [-0.2, -0.15) is 5.10 Å². The summed E-state index contributed by atoms with van der Waals surface area (Å²) in [7, 11) is 0. The number of alkyl halides is 1. The first-order chi connectivity index (χ1) is 16.0. The molecule has 2 aromatic carbocycles. The van der Waals surface area contributed by atoms with E-state index in [1.807, 2.05) is 48.5 Å². The van der Waals surface area contributed by atoms with Crippen molar-refractivity contribution in [1.29, 1.82) is 0 Å². The molecule has 0 saturated carbocycles. The standard InChI is InChI=1S/C25H30ClFN4O2/c26-19-9-7-18(8-10-19)16-23-21-5-1-2-6-22(21)25(33)31(29-23)17-20-4-3-14-30(20)15-11-24(32)28-13-12-27/h1-2,5-10,20,25,33H,3-4,11-17H2,(H,28,32)/t20-,25?/m1/s1. The normalized spacial score (nSPS) is 20.5. The van der Waals surface area contributed by atoms with Gasteiger partial charge in [0, 0.05) is 48.1 Å². The van der Waals surface area contributed by atoms with Crippen molar-refractivity contribution in [3.8, 4) is 0 Å².